The summed E-state index contributed by atoms with van der Waals surface area (Å²) < 4.78 is 40.4. The Morgan fingerprint density at radius 3 is 2.31 bits per heavy atom. The highest BCUT2D eigenvalue weighted by molar-refractivity contribution is 14.1. The third-order valence-corrected chi connectivity index (χ3v) is 5.52. The molecule has 0 aliphatic heterocycles. The second-order valence-electron chi connectivity index (χ2n) is 6.44. The summed E-state index contributed by atoms with van der Waals surface area (Å²) >= 11 is 8.05. The number of hydrogen-bond donors (Lipinski definition) is 1. The molecule has 0 bridgehead atoms. The van der Waals surface area contributed by atoms with Crippen molar-refractivity contribution < 1.29 is 13.2 Å². The Hall–Kier alpha value is -0.700. The predicted octanol–water partition coefficient (Wildman–Crippen LogP) is 7.46. The maximum Gasteiger partial charge on any atom is 0.416 e. The molecule has 0 saturated carbocycles. The highest BCUT2D eigenvalue weighted by Crippen LogP contribution is 2.36. The Balaban J connectivity index is 1.88. The lowest BCUT2D eigenvalue weighted by atomic mass is 10.1. The van der Waals surface area contributed by atoms with Gasteiger partial charge in [-0.05, 0) is 18.6 Å². The third kappa shape index (κ3) is 5.90. The van der Waals surface area contributed by atoms with Crippen LogP contribution in [0, 0.1) is 0 Å². The van der Waals surface area contributed by atoms with Crippen LogP contribution in [0.2, 0.25) is 5.02 Å². The van der Waals surface area contributed by atoms with Crippen LogP contribution in [-0.4, -0.2) is 14.3 Å². The second-order valence-corrected chi connectivity index (χ2v) is 7.81. The summed E-state index contributed by atoms with van der Waals surface area (Å²) in [6, 6.07) is 1.99. The van der Waals surface area contributed by atoms with Crippen LogP contribution in [-0.2, 0) is 6.18 Å². The molecule has 0 saturated heterocycles. The third-order valence-electron chi connectivity index (χ3n) is 4.29. The SMILES string of the molecule is CCCCCCCCCCNc1nc2cc(C(F)(F)F)cc(Cl)c2n1I. The van der Waals surface area contributed by atoms with E-state index in [9.17, 15) is 13.2 Å². The zero-order valence-electron chi connectivity index (χ0n) is 14.8. The Bertz CT molecular complexity index is 716. The molecule has 2 rings (SSSR count). The fraction of sp³-hybridized carbons (Fsp3) is 0.611. The van der Waals surface area contributed by atoms with E-state index in [2.05, 4.69) is 17.2 Å². The minimum atomic E-state index is -4.43. The molecule has 0 spiro atoms. The molecule has 26 heavy (non-hydrogen) atoms. The summed E-state index contributed by atoms with van der Waals surface area (Å²) in [5, 5.41) is 3.26. The van der Waals surface area contributed by atoms with Crippen LogP contribution in [0.1, 0.15) is 63.9 Å². The molecule has 0 aliphatic rings. The van der Waals surface area contributed by atoms with Crippen molar-refractivity contribution in [3.63, 3.8) is 0 Å². The summed E-state index contributed by atoms with van der Waals surface area (Å²) in [5.74, 6) is 0.532. The lowest BCUT2D eigenvalue weighted by molar-refractivity contribution is -0.137. The van der Waals surface area contributed by atoms with Crippen LogP contribution in [0.25, 0.3) is 11.0 Å². The van der Waals surface area contributed by atoms with Gasteiger partial charge >= 0.3 is 6.18 Å². The van der Waals surface area contributed by atoms with Crippen molar-refractivity contribution in [1.29, 1.82) is 0 Å². The average molecular weight is 502 g/mol. The largest absolute Gasteiger partial charge is 0.416 e. The molecule has 0 unspecified atom stereocenters. The summed E-state index contributed by atoms with van der Waals surface area (Å²) in [5.41, 5.74) is -0.0320. The van der Waals surface area contributed by atoms with E-state index >= 15 is 0 Å². The van der Waals surface area contributed by atoms with E-state index in [-0.39, 0.29) is 10.5 Å². The molecular formula is C18H24ClF3IN3. The predicted molar refractivity (Wildman–Crippen MR) is 110 cm³/mol. The van der Waals surface area contributed by atoms with E-state index in [0.717, 1.165) is 31.5 Å². The molecule has 2 aromatic rings. The van der Waals surface area contributed by atoms with Gasteiger partial charge in [0.2, 0.25) is 5.95 Å². The van der Waals surface area contributed by atoms with Gasteiger partial charge in [0, 0.05) is 6.54 Å². The number of fused-ring (bicyclic) bond motifs is 1. The van der Waals surface area contributed by atoms with Gasteiger partial charge < -0.3 is 5.32 Å². The van der Waals surface area contributed by atoms with E-state index in [1.54, 1.807) is 2.78 Å². The highest BCUT2D eigenvalue weighted by Gasteiger charge is 2.32. The standard InChI is InChI=1S/C18H24ClF3IN3/c1-2-3-4-5-6-7-8-9-10-24-17-25-15-12-13(18(20,21)22)11-14(19)16(15)26(17)23/h11-12H,2-10H2,1H3,(H,24,25). The fourth-order valence-electron chi connectivity index (χ4n) is 2.86. The number of unbranched alkanes of at least 4 members (excludes halogenated alkanes) is 7. The first kappa shape index (κ1) is 21.6. The minimum absolute atomic E-state index is 0.0526. The van der Waals surface area contributed by atoms with Gasteiger partial charge in [-0.25, -0.2) is 7.76 Å². The van der Waals surface area contributed by atoms with E-state index in [1.165, 1.54) is 38.5 Å². The molecule has 0 atom stereocenters. The van der Waals surface area contributed by atoms with Crippen LogP contribution in [0.4, 0.5) is 19.1 Å². The molecule has 0 amide bonds. The van der Waals surface area contributed by atoms with Crippen molar-refractivity contribution in [3.8, 4) is 0 Å². The molecule has 8 heteroatoms. The van der Waals surface area contributed by atoms with Crippen LogP contribution in [0.5, 0.6) is 0 Å². The average Bonchev–Trinajstić information content (AvgIpc) is 2.89. The molecule has 1 aromatic carbocycles. The van der Waals surface area contributed by atoms with Crippen LogP contribution >= 0.6 is 34.5 Å². The highest BCUT2D eigenvalue weighted by atomic mass is 127. The summed E-state index contributed by atoms with van der Waals surface area (Å²) in [6.07, 6.45) is 5.38. The Morgan fingerprint density at radius 2 is 1.69 bits per heavy atom. The van der Waals surface area contributed by atoms with Gasteiger partial charge in [-0.3, -0.25) is 0 Å². The Morgan fingerprint density at radius 1 is 1.08 bits per heavy atom. The Kier molecular flexibility index (Phi) is 8.32. The van der Waals surface area contributed by atoms with Crippen LogP contribution in [0.3, 0.4) is 0 Å². The Labute approximate surface area is 171 Å². The quantitative estimate of drug-likeness (QED) is 0.270. The number of alkyl halides is 3. The van der Waals surface area contributed by atoms with E-state index in [4.69, 9.17) is 11.6 Å². The zero-order valence-corrected chi connectivity index (χ0v) is 17.7. The van der Waals surface area contributed by atoms with Crippen LogP contribution < -0.4 is 5.32 Å². The van der Waals surface area contributed by atoms with Gasteiger partial charge in [0.15, 0.2) is 0 Å². The van der Waals surface area contributed by atoms with E-state index in [1.807, 2.05) is 22.9 Å². The van der Waals surface area contributed by atoms with Crippen molar-refractivity contribution in [2.24, 2.45) is 0 Å². The molecule has 3 nitrogen and oxygen atoms in total. The topological polar surface area (TPSA) is 29.9 Å². The normalized spacial score (nSPS) is 12.1. The van der Waals surface area contributed by atoms with Gasteiger partial charge in [-0.2, -0.15) is 13.2 Å². The first-order valence-electron chi connectivity index (χ1n) is 9.03. The molecular weight excluding hydrogens is 478 g/mol. The molecule has 0 aliphatic carbocycles. The number of hydrogen-bond acceptors (Lipinski definition) is 2. The molecule has 146 valence electrons. The zero-order chi connectivity index (χ0) is 19.2. The van der Waals surface area contributed by atoms with Gasteiger partial charge in [0.1, 0.15) is 0 Å². The lowest BCUT2D eigenvalue weighted by Crippen LogP contribution is -2.04. The van der Waals surface area contributed by atoms with E-state index in [0.29, 0.717) is 11.5 Å². The van der Waals surface area contributed by atoms with Crippen molar-refractivity contribution in [1.82, 2.24) is 7.76 Å². The first-order chi connectivity index (χ1) is 12.3. The monoisotopic (exact) mass is 501 g/mol. The number of imidazole rings is 1. The van der Waals surface area contributed by atoms with Gasteiger partial charge in [0.25, 0.3) is 0 Å². The fourth-order valence-corrected chi connectivity index (χ4v) is 4.09. The number of rotatable bonds is 10. The summed E-state index contributed by atoms with van der Waals surface area (Å²) in [7, 11) is 0. The number of aromatic nitrogens is 2. The van der Waals surface area contributed by atoms with Crippen molar-refractivity contribution in [2.75, 3.05) is 11.9 Å². The van der Waals surface area contributed by atoms with Gasteiger partial charge in [0.05, 0.1) is 44.5 Å². The maximum absolute atomic E-state index is 12.9. The summed E-state index contributed by atoms with van der Waals surface area (Å²) in [4.78, 5) is 4.27. The van der Waals surface area contributed by atoms with Crippen LogP contribution in [0.15, 0.2) is 12.1 Å². The number of halogens is 5. The number of nitrogens with zero attached hydrogens (tertiary/aromatic N) is 2. The number of nitrogens with one attached hydrogen (secondary N) is 1. The summed E-state index contributed by atoms with van der Waals surface area (Å²) in [6.45, 7) is 2.95. The van der Waals surface area contributed by atoms with Gasteiger partial charge in [-0.1, -0.05) is 63.5 Å². The molecule has 1 aromatic heterocycles. The van der Waals surface area contributed by atoms with Crippen molar-refractivity contribution in [3.05, 3.63) is 22.7 Å². The first-order valence-corrected chi connectivity index (χ1v) is 10.4. The number of anilines is 1. The number of benzene rings is 1. The van der Waals surface area contributed by atoms with E-state index < -0.39 is 11.7 Å². The van der Waals surface area contributed by atoms with Crippen molar-refractivity contribution in [2.45, 2.75) is 64.5 Å². The minimum Gasteiger partial charge on any atom is -0.355 e. The molecule has 0 radical (unpaired) electrons. The lowest BCUT2D eigenvalue weighted by Gasteiger charge is -2.07. The van der Waals surface area contributed by atoms with Crippen molar-refractivity contribution >= 4 is 51.4 Å². The molecule has 1 heterocycles. The maximum atomic E-state index is 12.9. The smallest absolute Gasteiger partial charge is 0.355 e. The second kappa shape index (κ2) is 10.0. The molecule has 1 N–H and O–H groups in total. The molecule has 0 fully saturated rings. The van der Waals surface area contributed by atoms with Gasteiger partial charge in [-0.15, -0.1) is 0 Å².